The van der Waals surface area contributed by atoms with Crippen molar-refractivity contribution in [3.8, 4) is 11.1 Å². The maximum atomic E-state index is 14.7. The standard InChI is InChI=1S/C25H29F3/c1-24(2,3)15-16-8-10-18(19(13-16)21-7-6-12-25(21,4)5)20-14-17(23(27)28)9-11-22(20)26/h7-11,13-14,23H,6,12,15H2,1-5H3. The number of halogens is 3. The topological polar surface area (TPSA) is 0 Å². The average Bonchev–Trinajstić information content (AvgIpc) is 2.93. The minimum Gasteiger partial charge on any atom is -0.206 e. The van der Waals surface area contributed by atoms with Gasteiger partial charge in [0.25, 0.3) is 6.43 Å². The minimum atomic E-state index is -2.62. The van der Waals surface area contributed by atoms with Gasteiger partial charge < -0.3 is 0 Å². The van der Waals surface area contributed by atoms with Gasteiger partial charge in [0.2, 0.25) is 0 Å². The summed E-state index contributed by atoms with van der Waals surface area (Å²) in [4.78, 5) is 0. The predicted octanol–water partition coefficient (Wildman–Crippen LogP) is 8.22. The van der Waals surface area contributed by atoms with Gasteiger partial charge in [-0.1, -0.05) is 65.0 Å². The molecule has 0 fully saturated rings. The van der Waals surface area contributed by atoms with Crippen LogP contribution in [0.2, 0.25) is 0 Å². The molecule has 0 unspecified atom stereocenters. The van der Waals surface area contributed by atoms with Crippen LogP contribution in [0, 0.1) is 16.6 Å². The van der Waals surface area contributed by atoms with Crippen molar-refractivity contribution >= 4 is 5.57 Å². The lowest BCUT2D eigenvalue weighted by molar-refractivity contribution is 0.151. The third-order valence-corrected chi connectivity index (χ3v) is 5.49. The fraction of sp³-hybridized carbons (Fsp3) is 0.440. The molecule has 3 rings (SSSR count). The molecule has 0 aromatic heterocycles. The summed E-state index contributed by atoms with van der Waals surface area (Å²) >= 11 is 0. The first kappa shape index (κ1) is 20.7. The van der Waals surface area contributed by atoms with Gasteiger partial charge in [-0.15, -0.1) is 0 Å². The molecule has 150 valence electrons. The van der Waals surface area contributed by atoms with Crippen molar-refractivity contribution in [2.75, 3.05) is 0 Å². The zero-order chi connectivity index (χ0) is 20.7. The van der Waals surface area contributed by atoms with Crippen molar-refractivity contribution in [2.24, 2.45) is 10.8 Å². The molecule has 0 nitrogen and oxygen atoms in total. The van der Waals surface area contributed by atoms with Crippen LogP contribution in [-0.4, -0.2) is 0 Å². The molecule has 0 radical (unpaired) electrons. The smallest absolute Gasteiger partial charge is 0.206 e. The highest BCUT2D eigenvalue weighted by Crippen LogP contribution is 2.47. The van der Waals surface area contributed by atoms with Crippen molar-refractivity contribution in [3.05, 3.63) is 65.0 Å². The molecular weight excluding hydrogens is 357 g/mol. The average molecular weight is 387 g/mol. The molecule has 0 atom stereocenters. The van der Waals surface area contributed by atoms with Crippen molar-refractivity contribution < 1.29 is 13.2 Å². The number of hydrogen-bond donors (Lipinski definition) is 0. The van der Waals surface area contributed by atoms with E-state index in [0.717, 1.165) is 37.0 Å². The highest BCUT2D eigenvalue weighted by atomic mass is 19.3. The molecule has 1 aliphatic rings. The molecule has 0 saturated heterocycles. The molecule has 0 N–H and O–H groups in total. The highest BCUT2D eigenvalue weighted by Gasteiger charge is 2.30. The molecular formula is C25H29F3. The Morgan fingerprint density at radius 2 is 1.68 bits per heavy atom. The van der Waals surface area contributed by atoms with E-state index in [0.29, 0.717) is 5.56 Å². The van der Waals surface area contributed by atoms with E-state index in [9.17, 15) is 13.2 Å². The summed E-state index contributed by atoms with van der Waals surface area (Å²) in [5.41, 5.74) is 4.22. The fourth-order valence-electron chi connectivity index (χ4n) is 4.12. The Morgan fingerprint density at radius 1 is 0.964 bits per heavy atom. The third-order valence-electron chi connectivity index (χ3n) is 5.49. The van der Waals surface area contributed by atoms with Crippen molar-refractivity contribution in [3.63, 3.8) is 0 Å². The lowest BCUT2D eigenvalue weighted by Crippen LogP contribution is -2.12. The number of benzene rings is 2. The van der Waals surface area contributed by atoms with E-state index in [4.69, 9.17) is 0 Å². The molecule has 0 saturated carbocycles. The van der Waals surface area contributed by atoms with Gasteiger partial charge in [0.1, 0.15) is 5.82 Å². The summed E-state index contributed by atoms with van der Waals surface area (Å²) < 4.78 is 41.2. The first-order valence-corrected chi connectivity index (χ1v) is 9.90. The van der Waals surface area contributed by atoms with E-state index in [-0.39, 0.29) is 22.0 Å². The summed E-state index contributed by atoms with van der Waals surface area (Å²) in [6, 6.07) is 9.65. The number of alkyl halides is 2. The Hall–Kier alpha value is -2.03. The molecule has 28 heavy (non-hydrogen) atoms. The van der Waals surface area contributed by atoms with Gasteiger partial charge in [-0.2, -0.15) is 0 Å². The van der Waals surface area contributed by atoms with E-state index in [1.165, 1.54) is 17.2 Å². The second-order valence-electron chi connectivity index (χ2n) is 9.70. The van der Waals surface area contributed by atoms with Crippen LogP contribution in [0.15, 0.2) is 42.5 Å². The van der Waals surface area contributed by atoms with Crippen LogP contribution in [0.1, 0.15) is 70.6 Å². The Balaban J connectivity index is 2.20. The molecule has 0 spiro atoms. The second-order valence-corrected chi connectivity index (χ2v) is 9.70. The maximum absolute atomic E-state index is 14.7. The predicted molar refractivity (Wildman–Crippen MR) is 111 cm³/mol. The van der Waals surface area contributed by atoms with E-state index in [1.54, 1.807) is 0 Å². The van der Waals surface area contributed by atoms with Crippen molar-refractivity contribution in [1.82, 2.24) is 0 Å². The summed E-state index contributed by atoms with van der Waals surface area (Å²) in [5.74, 6) is -0.467. The molecule has 2 aromatic rings. The Bertz CT molecular complexity index is 898. The minimum absolute atomic E-state index is 0.0219. The van der Waals surface area contributed by atoms with Gasteiger partial charge in [-0.25, -0.2) is 13.2 Å². The zero-order valence-electron chi connectivity index (χ0n) is 17.4. The van der Waals surface area contributed by atoms with Crippen LogP contribution in [0.25, 0.3) is 16.7 Å². The van der Waals surface area contributed by atoms with Crippen LogP contribution in [-0.2, 0) is 6.42 Å². The van der Waals surface area contributed by atoms with Crippen molar-refractivity contribution in [2.45, 2.75) is 60.3 Å². The Kier molecular flexibility index (Phi) is 5.49. The van der Waals surface area contributed by atoms with Crippen molar-refractivity contribution in [1.29, 1.82) is 0 Å². The summed E-state index contributed by atoms with van der Waals surface area (Å²) in [5, 5.41) is 0. The normalized spacial score (nSPS) is 16.5. The lowest BCUT2D eigenvalue weighted by Gasteiger charge is -2.26. The van der Waals surface area contributed by atoms with Gasteiger partial charge in [0, 0.05) is 11.1 Å². The van der Waals surface area contributed by atoms with Crippen LogP contribution in [0.5, 0.6) is 0 Å². The lowest BCUT2D eigenvalue weighted by atomic mass is 9.78. The molecule has 0 heterocycles. The van der Waals surface area contributed by atoms with Gasteiger partial charge in [-0.3, -0.25) is 0 Å². The van der Waals surface area contributed by atoms with Gasteiger partial charge in [0.05, 0.1) is 0 Å². The molecule has 2 aromatic carbocycles. The molecule has 1 aliphatic carbocycles. The maximum Gasteiger partial charge on any atom is 0.263 e. The summed E-state index contributed by atoms with van der Waals surface area (Å²) in [6.07, 6.45) is 2.50. The quantitative estimate of drug-likeness (QED) is 0.496. The zero-order valence-corrected chi connectivity index (χ0v) is 17.4. The van der Waals surface area contributed by atoms with Crippen LogP contribution in [0.4, 0.5) is 13.2 Å². The first-order valence-electron chi connectivity index (χ1n) is 9.90. The van der Waals surface area contributed by atoms with E-state index < -0.39 is 12.2 Å². The first-order chi connectivity index (χ1) is 13.0. The van der Waals surface area contributed by atoms with Crippen LogP contribution >= 0.6 is 0 Å². The van der Waals surface area contributed by atoms with E-state index in [1.807, 2.05) is 12.1 Å². The molecule has 0 amide bonds. The number of rotatable bonds is 4. The Labute approximate surface area is 166 Å². The fourth-order valence-corrected chi connectivity index (χ4v) is 4.12. The monoisotopic (exact) mass is 386 g/mol. The van der Waals surface area contributed by atoms with Gasteiger partial charge >= 0.3 is 0 Å². The van der Waals surface area contributed by atoms with Crippen LogP contribution < -0.4 is 0 Å². The van der Waals surface area contributed by atoms with E-state index >= 15 is 0 Å². The third kappa shape index (κ3) is 4.34. The summed E-state index contributed by atoms with van der Waals surface area (Å²) in [7, 11) is 0. The second kappa shape index (κ2) is 7.42. The highest BCUT2D eigenvalue weighted by molar-refractivity contribution is 5.85. The largest absolute Gasteiger partial charge is 0.263 e. The van der Waals surface area contributed by atoms with Gasteiger partial charge in [0.15, 0.2) is 0 Å². The Morgan fingerprint density at radius 3 is 2.25 bits per heavy atom. The number of allylic oxidation sites excluding steroid dienone is 2. The number of hydrogen-bond acceptors (Lipinski definition) is 0. The summed E-state index contributed by atoms with van der Waals surface area (Å²) in [6.45, 7) is 10.9. The SMILES string of the molecule is CC(C)(C)Cc1ccc(-c2cc(C(F)F)ccc2F)c(C2=CCCC2(C)C)c1. The molecule has 0 aliphatic heterocycles. The van der Waals surface area contributed by atoms with Crippen LogP contribution in [0.3, 0.4) is 0 Å². The van der Waals surface area contributed by atoms with E-state index in [2.05, 4.69) is 46.8 Å². The van der Waals surface area contributed by atoms with Gasteiger partial charge in [-0.05, 0) is 64.5 Å². The molecule has 3 heteroatoms. The molecule has 0 bridgehead atoms.